The summed E-state index contributed by atoms with van der Waals surface area (Å²) in [6, 6.07) is 7.65. The van der Waals surface area contributed by atoms with Gasteiger partial charge in [0.05, 0.1) is 14.2 Å². The van der Waals surface area contributed by atoms with Crippen LogP contribution < -0.4 is 19.7 Å². The highest BCUT2D eigenvalue weighted by molar-refractivity contribution is 5.73. The number of amides is 1. The monoisotopic (exact) mass is 371 g/mol. The van der Waals surface area contributed by atoms with Gasteiger partial charge in [-0.3, -0.25) is 4.79 Å². The van der Waals surface area contributed by atoms with Crippen LogP contribution in [0.5, 0.6) is 11.5 Å². The number of carbonyl (C=O) groups is 1. The largest absolute Gasteiger partial charge is 0.493 e. The molecule has 2 heterocycles. The van der Waals surface area contributed by atoms with Gasteiger partial charge in [-0.1, -0.05) is 6.07 Å². The predicted molar refractivity (Wildman–Crippen MR) is 103 cm³/mol. The van der Waals surface area contributed by atoms with Crippen LogP contribution in [-0.2, 0) is 11.3 Å². The number of nitrogens with zero attached hydrogens (tertiary/aromatic N) is 4. The highest BCUT2D eigenvalue weighted by atomic mass is 16.5. The SMILES string of the molecule is COc1ccc(CNc2ccnc(N3CCN(C(C)=O)CC3)n2)cc1OC. The molecule has 1 amide bonds. The fraction of sp³-hybridized carbons (Fsp3) is 0.421. The summed E-state index contributed by atoms with van der Waals surface area (Å²) in [4.78, 5) is 24.4. The van der Waals surface area contributed by atoms with Crippen LogP contribution in [0.25, 0.3) is 0 Å². The highest BCUT2D eigenvalue weighted by Gasteiger charge is 2.20. The molecule has 0 spiro atoms. The van der Waals surface area contributed by atoms with E-state index in [1.54, 1.807) is 27.3 Å². The van der Waals surface area contributed by atoms with Crippen molar-refractivity contribution in [3.05, 3.63) is 36.0 Å². The van der Waals surface area contributed by atoms with Gasteiger partial charge in [-0.25, -0.2) is 4.98 Å². The molecule has 27 heavy (non-hydrogen) atoms. The Kier molecular flexibility index (Phi) is 5.95. The third-order valence-corrected chi connectivity index (χ3v) is 4.57. The van der Waals surface area contributed by atoms with Crippen molar-refractivity contribution in [2.75, 3.05) is 50.6 Å². The lowest BCUT2D eigenvalue weighted by atomic mass is 10.2. The molecular weight excluding hydrogens is 346 g/mol. The number of aromatic nitrogens is 2. The third-order valence-electron chi connectivity index (χ3n) is 4.57. The van der Waals surface area contributed by atoms with E-state index in [9.17, 15) is 4.79 Å². The molecule has 1 aliphatic heterocycles. The maximum Gasteiger partial charge on any atom is 0.227 e. The quantitative estimate of drug-likeness (QED) is 0.829. The molecule has 0 radical (unpaired) electrons. The second-order valence-corrected chi connectivity index (χ2v) is 6.28. The molecule has 1 aromatic carbocycles. The van der Waals surface area contributed by atoms with E-state index < -0.39 is 0 Å². The van der Waals surface area contributed by atoms with Crippen LogP contribution in [0.4, 0.5) is 11.8 Å². The van der Waals surface area contributed by atoms with E-state index in [0.717, 1.165) is 24.5 Å². The molecule has 1 fully saturated rings. The Hall–Kier alpha value is -3.03. The third kappa shape index (κ3) is 4.58. The second-order valence-electron chi connectivity index (χ2n) is 6.28. The van der Waals surface area contributed by atoms with E-state index >= 15 is 0 Å². The van der Waals surface area contributed by atoms with E-state index in [2.05, 4.69) is 20.2 Å². The molecule has 0 atom stereocenters. The number of hydrogen-bond acceptors (Lipinski definition) is 7. The highest BCUT2D eigenvalue weighted by Crippen LogP contribution is 2.27. The first kappa shape index (κ1) is 18.8. The predicted octanol–water partition coefficient (Wildman–Crippen LogP) is 1.77. The van der Waals surface area contributed by atoms with Crippen molar-refractivity contribution in [1.82, 2.24) is 14.9 Å². The standard InChI is InChI=1S/C19H25N5O3/c1-14(25)23-8-10-24(11-9-23)19-20-7-6-18(22-19)21-13-15-4-5-16(26-2)17(12-15)27-3/h4-7,12H,8-11,13H2,1-3H3,(H,20,21,22). The van der Waals surface area contributed by atoms with Crippen LogP contribution in [-0.4, -0.2) is 61.2 Å². The number of ether oxygens (including phenoxy) is 2. The average Bonchev–Trinajstić information content (AvgIpc) is 2.72. The summed E-state index contributed by atoms with van der Waals surface area (Å²) in [6.45, 7) is 5.07. The number of carbonyl (C=O) groups excluding carboxylic acids is 1. The number of hydrogen-bond donors (Lipinski definition) is 1. The van der Waals surface area contributed by atoms with Gasteiger partial charge < -0.3 is 24.6 Å². The first-order valence-corrected chi connectivity index (χ1v) is 8.89. The number of piperazine rings is 1. The van der Waals surface area contributed by atoms with E-state index in [4.69, 9.17) is 9.47 Å². The molecule has 0 saturated carbocycles. The van der Waals surface area contributed by atoms with Crippen molar-refractivity contribution in [3.8, 4) is 11.5 Å². The van der Waals surface area contributed by atoms with Gasteiger partial charge in [0, 0.05) is 45.8 Å². The molecule has 8 heteroatoms. The minimum absolute atomic E-state index is 0.112. The first-order valence-electron chi connectivity index (χ1n) is 8.89. The van der Waals surface area contributed by atoms with Crippen LogP contribution in [0.3, 0.4) is 0 Å². The normalized spacial score (nSPS) is 14.0. The molecule has 2 aromatic rings. The fourth-order valence-electron chi connectivity index (χ4n) is 3.00. The topological polar surface area (TPSA) is 79.8 Å². The fourth-order valence-corrected chi connectivity index (χ4v) is 3.00. The molecule has 1 N–H and O–H groups in total. The lowest BCUT2D eigenvalue weighted by molar-refractivity contribution is -0.129. The van der Waals surface area contributed by atoms with Gasteiger partial charge in [-0.05, 0) is 23.8 Å². The zero-order chi connectivity index (χ0) is 19.2. The summed E-state index contributed by atoms with van der Waals surface area (Å²) in [5, 5.41) is 3.32. The number of methoxy groups -OCH3 is 2. The minimum atomic E-state index is 0.112. The Morgan fingerprint density at radius 2 is 1.85 bits per heavy atom. The molecule has 1 saturated heterocycles. The molecule has 8 nitrogen and oxygen atoms in total. The van der Waals surface area contributed by atoms with Gasteiger partial charge in [0.15, 0.2) is 11.5 Å². The molecule has 144 valence electrons. The molecule has 0 bridgehead atoms. The number of rotatable bonds is 6. The number of nitrogens with one attached hydrogen (secondary N) is 1. The van der Waals surface area contributed by atoms with Crippen LogP contribution in [0, 0.1) is 0 Å². The summed E-state index contributed by atoms with van der Waals surface area (Å²) in [5.41, 5.74) is 1.06. The van der Waals surface area contributed by atoms with Crippen molar-refractivity contribution in [1.29, 1.82) is 0 Å². The van der Waals surface area contributed by atoms with Gasteiger partial charge in [-0.2, -0.15) is 4.98 Å². The smallest absolute Gasteiger partial charge is 0.227 e. The maximum absolute atomic E-state index is 11.5. The summed E-state index contributed by atoms with van der Waals surface area (Å²) >= 11 is 0. The summed E-state index contributed by atoms with van der Waals surface area (Å²) in [6.07, 6.45) is 1.75. The lowest BCUT2D eigenvalue weighted by Crippen LogP contribution is -2.48. The van der Waals surface area contributed by atoms with Crippen LogP contribution in [0.15, 0.2) is 30.5 Å². The Labute approximate surface area is 159 Å². The van der Waals surface area contributed by atoms with Crippen molar-refractivity contribution in [2.45, 2.75) is 13.5 Å². The molecular formula is C19H25N5O3. The zero-order valence-electron chi connectivity index (χ0n) is 15.9. The Bertz CT molecular complexity index is 791. The van der Waals surface area contributed by atoms with Gasteiger partial charge in [0.1, 0.15) is 5.82 Å². The summed E-state index contributed by atoms with van der Waals surface area (Å²) in [5.74, 6) is 2.94. The second kappa shape index (κ2) is 8.57. The molecule has 3 rings (SSSR count). The van der Waals surface area contributed by atoms with E-state index in [-0.39, 0.29) is 5.91 Å². The van der Waals surface area contributed by atoms with Gasteiger partial charge >= 0.3 is 0 Å². The van der Waals surface area contributed by atoms with E-state index in [1.807, 2.05) is 29.2 Å². The Morgan fingerprint density at radius 1 is 1.11 bits per heavy atom. The minimum Gasteiger partial charge on any atom is -0.493 e. The van der Waals surface area contributed by atoms with Gasteiger partial charge in [0.25, 0.3) is 0 Å². The molecule has 1 aromatic heterocycles. The number of anilines is 2. The van der Waals surface area contributed by atoms with Crippen LogP contribution in [0.2, 0.25) is 0 Å². The summed E-state index contributed by atoms with van der Waals surface area (Å²) in [7, 11) is 3.24. The molecule has 0 unspecified atom stereocenters. The Morgan fingerprint density at radius 3 is 2.52 bits per heavy atom. The van der Waals surface area contributed by atoms with Gasteiger partial charge in [0.2, 0.25) is 11.9 Å². The lowest BCUT2D eigenvalue weighted by Gasteiger charge is -2.34. The van der Waals surface area contributed by atoms with E-state index in [0.29, 0.717) is 37.1 Å². The van der Waals surface area contributed by atoms with Crippen LogP contribution >= 0.6 is 0 Å². The van der Waals surface area contributed by atoms with Crippen LogP contribution in [0.1, 0.15) is 12.5 Å². The summed E-state index contributed by atoms with van der Waals surface area (Å²) < 4.78 is 10.6. The molecule has 0 aliphatic carbocycles. The van der Waals surface area contributed by atoms with Gasteiger partial charge in [-0.15, -0.1) is 0 Å². The van der Waals surface area contributed by atoms with Crippen molar-refractivity contribution in [3.63, 3.8) is 0 Å². The molecule has 1 aliphatic rings. The van der Waals surface area contributed by atoms with Crippen molar-refractivity contribution < 1.29 is 14.3 Å². The Balaban J connectivity index is 1.62. The number of benzene rings is 1. The average molecular weight is 371 g/mol. The van der Waals surface area contributed by atoms with Crippen molar-refractivity contribution >= 4 is 17.7 Å². The van der Waals surface area contributed by atoms with Crippen molar-refractivity contribution in [2.24, 2.45) is 0 Å². The zero-order valence-corrected chi connectivity index (χ0v) is 15.9. The maximum atomic E-state index is 11.5. The first-order chi connectivity index (χ1) is 13.1. The van der Waals surface area contributed by atoms with E-state index in [1.165, 1.54) is 0 Å².